The summed E-state index contributed by atoms with van der Waals surface area (Å²) in [5, 5.41) is 8.73. The molecule has 0 aromatic heterocycles. The number of rotatable bonds is 5. The number of carboxylic acid groups (broad SMARTS) is 1. The fourth-order valence-corrected chi connectivity index (χ4v) is 2.51. The highest BCUT2D eigenvalue weighted by atomic mass is 16.4. The molecule has 88 valence electrons. The van der Waals surface area contributed by atoms with Gasteiger partial charge in [0.25, 0.3) is 0 Å². The topological polar surface area (TPSA) is 40.5 Å². The molecule has 0 aromatic carbocycles. The van der Waals surface area contributed by atoms with Crippen LogP contribution in [0.5, 0.6) is 0 Å². The van der Waals surface area contributed by atoms with Crippen molar-refractivity contribution in [1.29, 1.82) is 0 Å². The van der Waals surface area contributed by atoms with Gasteiger partial charge < -0.3 is 10.0 Å². The summed E-state index contributed by atoms with van der Waals surface area (Å²) in [6, 6.07) is 0.601. The summed E-state index contributed by atoms with van der Waals surface area (Å²) in [5.41, 5.74) is 0. The molecule has 2 atom stereocenters. The van der Waals surface area contributed by atoms with Crippen molar-refractivity contribution in [3.05, 3.63) is 0 Å². The second-order valence-corrected chi connectivity index (χ2v) is 5.23. The summed E-state index contributed by atoms with van der Waals surface area (Å²) in [5.74, 6) is 0.439. The minimum absolute atomic E-state index is 0.338. The van der Waals surface area contributed by atoms with Crippen molar-refractivity contribution in [3.8, 4) is 0 Å². The number of nitrogens with zero attached hydrogens (tertiary/aromatic N) is 1. The van der Waals surface area contributed by atoms with Crippen LogP contribution in [0.2, 0.25) is 0 Å². The van der Waals surface area contributed by atoms with Crippen LogP contribution >= 0.6 is 0 Å². The third kappa shape index (κ3) is 4.20. The summed E-state index contributed by atoms with van der Waals surface area (Å²) >= 11 is 0. The third-order valence-corrected chi connectivity index (χ3v) is 3.22. The van der Waals surface area contributed by atoms with Gasteiger partial charge in [-0.1, -0.05) is 13.8 Å². The van der Waals surface area contributed by atoms with Crippen molar-refractivity contribution in [3.63, 3.8) is 0 Å². The molecule has 1 fully saturated rings. The van der Waals surface area contributed by atoms with Gasteiger partial charge >= 0.3 is 5.97 Å². The molecule has 0 aromatic rings. The molecular weight excluding hydrogens is 190 g/mol. The van der Waals surface area contributed by atoms with Crippen LogP contribution in [0, 0.1) is 11.8 Å². The molecule has 1 saturated heterocycles. The van der Waals surface area contributed by atoms with E-state index in [1.54, 1.807) is 0 Å². The minimum atomic E-state index is -0.654. The quantitative estimate of drug-likeness (QED) is 0.761. The van der Waals surface area contributed by atoms with Gasteiger partial charge in [0.15, 0.2) is 0 Å². The van der Waals surface area contributed by atoms with Gasteiger partial charge in [0.1, 0.15) is 0 Å². The predicted octanol–water partition coefficient (Wildman–Crippen LogP) is 2.22. The van der Waals surface area contributed by atoms with Gasteiger partial charge in [0.05, 0.1) is 0 Å². The van der Waals surface area contributed by atoms with Gasteiger partial charge in [-0.05, 0) is 38.1 Å². The van der Waals surface area contributed by atoms with E-state index in [0.29, 0.717) is 18.4 Å². The molecular formula is C12H23NO2. The molecule has 0 bridgehead atoms. The van der Waals surface area contributed by atoms with Crippen LogP contribution in [0.15, 0.2) is 0 Å². The molecule has 1 aliphatic heterocycles. The van der Waals surface area contributed by atoms with E-state index in [2.05, 4.69) is 25.7 Å². The molecule has 15 heavy (non-hydrogen) atoms. The summed E-state index contributed by atoms with van der Waals surface area (Å²) in [6.45, 7) is 8.78. The Kier molecular flexibility index (Phi) is 4.58. The normalized spacial score (nSPS) is 24.7. The highest BCUT2D eigenvalue weighted by Gasteiger charge is 2.27. The van der Waals surface area contributed by atoms with Crippen molar-refractivity contribution in [2.45, 2.75) is 46.1 Å². The predicted molar refractivity (Wildman–Crippen MR) is 60.8 cm³/mol. The average molecular weight is 213 g/mol. The van der Waals surface area contributed by atoms with Crippen LogP contribution in [0.1, 0.15) is 40.0 Å². The van der Waals surface area contributed by atoms with Crippen molar-refractivity contribution in [1.82, 2.24) is 4.90 Å². The Bertz CT molecular complexity index is 216. The van der Waals surface area contributed by atoms with E-state index in [-0.39, 0.29) is 0 Å². The third-order valence-electron chi connectivity index (χ3n) is 3.22. The smallest absolute Gasteiger partial charge is 0.303 e. The van der Waals surface area contributed by atoms with Gasteiger partial charge in [-0.25, -0.2) is 0 Å². The van der Waals surface area contributed by atoms with E-state index in [4.69, 9.17) is 5.11 Å². The lowest BCUT2D eigenvalue weighted by Crippen LogP contribution is -2.32. The van der Waals surface area contributed by atoms with Gasteiger partial charge in [0.2, 0.25) is 0 Å². The molecule has 1 heterocycles. The van der Waals surface area contributed by atoms with Crippen LogP contribution in [-0.4, -0.2) is 35.1 Å². The SMILES string of the molecule is CC(C)CC(C)N1CCC(CC(=O)O)C1. The Labute approximate surface area is 92.5 Å². The van der Waals surface area contributed by atoms with E-state index in [9.17, 15) is 4.79 Å². The van der Waals surface area contributed by atoms with Crippen LogP contribution in [0.4, 0.5) is 0 Å². The molecule has 1 aliphatic rings. The zero-order chi connectivity index (χ0) is 11.4. The summed E-state index contributed by atoms with van der Waals surface area (Å²) in [4.78, 5) is 13.0. The van der Waals surface area contributed by atoms with Crippen LogP contribution < -0.4 is 0 Å². The van der Waals surface area contributed by atoms with Gasteiger partial charge in [-0.15, -0.1) is 0 Å². The first-order chi connectivity index (χ1) is 6.99. The molecule has 0 spiro atoms. The van der Waals surface area contributed by atoms with E-state index in [1.165, 1.54) is 6.42 Å². The Balaban J connectivity index is 2.32. The maximum atomic E-state index is 10.6. The molecule has 0 amide bonds. The van der Waals surface area contributed by atoms with Crippen molar-refractivity contribution < 1.29 is 9.90 Å². The highest BCUT2D eigenvalue weighted by Crippen LogP contribution is 2.23. The minimum Gasteiger partial charge on any atom is -0.481 e. The Morgan fingerprint density at radius 1 is 1.47 bits per heavy atom. The fraction of sp³-hybridized carbons (Fsp3) is 0.917. The highest BCUT2D eigenvalue weighted by molar-refractivity contribution is 5.67. The Morgan fingerprint density at radius 2 is 2.13 bits per heavy atom. The number of hydrogen-bond acceptors (Lipinski definition) is 2. The van der Waals surface area contributed by atoms with E-state index in [1.807, 2.05) is 0 Å². The summed E-state index contributed by atoms with van der Waals surface area (Å²) in [6.07, 6.45) is 2.60. The number of aliphatic carboxylic acids is 1. The largest absolute Gasteiger partial charge is 0.481 e. The molecule has 0 saturated carbocycles. The number of carboxylic acids is 1. The number of carbonyl (C=O) groups is 1. The van der Waals surface area contributed by atoms with Crippen LogP contribution in [0.3, 0.4) is 0 Å². The van der Waals surface area contributed by atoms with E-state index in [0.717, 1.165) is 25.4 Å². The first-order valence-corrected chi connectivity index (χ1v) is 5.95. The van der Waals surface area contributed by atoms with Crippen LogP contribution in [-0.2, 0) is 4.79 Å². The van der Waals surface area contributed by atoms with E-state index < -0.39 is 5.97 Å². The Hall–Kier alpha value is -0.570. The van der Waals surface area contributed by atoms with Crippen molar-refractivity contribution in [2.24, 2.45) is 11.8 Å². The van der Waals surface area contributed by atoms with Gasteiger partial charge in [-0.3, -0.25) is 4.79 Å². The second kappa shape index (κ2) is 5.50. The Morgan fingerprint density at radius 3 is 2.67 bits per heavy atom. The summed E-state index contributed by atoms with van der Waals surface area (Å²) in [7, 11) is 0. The fourth-order valence-electron chi connectivity index (χ4n) is 2.51. The van der Waals surface area contributed by atoms with E-state index >= 15 is 0 Å². The monoisotopic (exact) mass is 213 g/mol. The van der Waals surface area contributed by atoms with Gasteiger partial charge in [-0.2, -0.15) is 0 Å². The van der Waals surface area contributed by atoms with Crippen molar-refractivity contribution in [2.75, 3.05) is 13.1 Å². The number of likely N-dealkylation sites (tertiary alicyclic amines) is 1. The lowest BCUT2D eigenvalue weighted by Gasteiger charge is -2.25. The van der Waals surface area contributed by atoms with Crippen molar-refractivity contribution >= 4 is 5.97 Å². The molecule has 1 N–H and O–H groups in total. The first kappa shape index (κ1) is 12.5. The average Bonchev–Trinajstić information content (AvgIpc) is 2.50. The zero-order valence-electron chi connectivity index (χ0n) is 10.1. The molecule has 3 heteroatoms. The lowest BCUT2D eigenvalue weighted by atomic mass is 10.0. The first-order valence-electron chi connectivity index (χ1n) is 5.95. The molecule has 1 rings (SSSR count). The maximum absolute atomic E-state index is 10.6. The second-order valence-electron chi connectivity index (χ2n) is 5.23. The van der Waals surface area contributed by atoms with Crippen LogP contribution in [0.25, 0.3) is 0 Å². The molecule has 3 nitrogen and oxygen atoms in total. The molecule has 0 radical (unpaired) electrons. The lowest BCUT2D eigenvalue weighted by molar-refractivity contribution is -0.138. The number of hydrogen-bond donors (Lipinski definition) is 1. The maximum Gasteiger partial charge on any atom is 0.303 e. The molecule has 2 unspecified atom stereocenters. The zero-order valence-corrected chi connectivity index (χ0v) is 10.1. The summed E-state index contributed by atoms with van der Waals surface area (Å²) < 4.78 is 0. The van der Waals surface area contributed by atoms with Gasteiger partial charge in [0, 0.05) is 19.0 Å². The standard InChI is InChI=1S/C12H23NO2/c1-9(2)6-10(3)13-5-4-11(8-13)7-12(14)15/h9-11H,4-8H2,1-3H3,(H,14,15). The molecule has 0 aliphatic carbocycles.